The fraction of sp³-hybridized carbons (Fsp3) is 0.750. The molecule has 1 saturated heterocycles. The molecule has 116 valence electrons. The highest BCUT2D eigenvalue weighted by Crippen LogP contribution is 2.22. The molecule has 5 nitrogen and oxygen atoms in total. The fourth-order valence-electron chi connectivity index (χ4n) is 3.52. The van der Waals surface area contributed by atoms with Gasteiger partial charge in [-0.25, -0.2) is 0 Å². The van der Waals surface area contributed by atoms with Gasteiger partial charge in [0.2, 0.25) is 5.91 Å². The Kier molecular flexibility index (Phi) is 4.58. The lowest BCUT2D eigenvalue weighted by atomic mass is 9.91. The van der Waals surface area contributed by atoms with E-state index in [4.69, 9.17) is 0 Å². The van der Waals surface area contributed by atoms with Crippen molar-refractivity contribution < 1.29 is 4.79 Å². The molecule has 0 radical (unpaired) electrons. The van der Waals surface area contributed by atoms with Crippen LogP contribution >= 0.6 is 0 Å². The van der Waals surface area contributed by atoms with Gasteiger partial charge in [-0.3, -0.25) is 9.89 Å². The van der Waals surface area contributed by atoms with Crippen LogP contribution in [0.2, 0.25) is 0 Å². The Bertz CT molecular complexity index is 476. The average Bonchev–Trinajstić information content (AvgIpc) is 2.94. The summed E-state index contributed by atoms with van der Waals surface area (Å²) in [6, 6.07) is 0.280. The van der Waals surface area contributed by atoms with Crippen LogP contribution in [0.4, 0.5) is 0 Å². The summed E-state index contributed by atoms with van der Waals surface area (Å²) in [6.07, 6.45) is 9.07. The SMILES string of the molecule is CN1CCC(CCC(=O)N[C@@H]2CCc3cn[nH]c3C2)CC1. The highest BCUT2D eigenvalue weighted by molar-refractivity contribution is 5.76. The second-order valence-electron chi connectivity index (χ2n) is 6.67. The molecule has 2 N–H and O–H groups in total. The van der Waals surface area contributed by atoms with E-state index in [0.717, 1.165) is 31.6 Å². The summed E-state index contributed by atoms with van der Waals surface area (Å²) in [6.45, 7) is 2.36. The molecule has 1 aliphatic carbocycles. The van der Waals surface area contributed by atoms with E-state index in [1.54, 1.807) is 0 Å². The molecular formula is C16H26N4O. The van der Waals surface area contributed by atoms with Gasteiger partial charge >= 0.3 is 0 Å². The number of hydrogen-bond acceptors (Lipinski definition) is 3. The van der Waals surface area contributed by atoms with Crippen molar-refractivity contribution in [3.8, 4) is 0 Å². The maximum absolute atomic E-state index is 12.1. The average molecular weight is 290 g/mol. The van der Waals surface area contributed by atoms with Crippen LogP contribution in [0.1, 0.15) is 43.4 Å². The summed E-state index contributed by atoms with van der Waals surface area (Å²) in [5, 5.41) is 10.3. The quantitative estimate of drug-likeness (QED) is 0.883. The molecule has 1 aromatic rings. The molecule has 0 aromatic carbocycles. The van der Waals surface area contributed by atoms with Gasteiger partial charge in [0.1, 0.15) is 0 Å². The molecule has 21 heavy (non-hydrogen) atoms. The third kappa shape index (κ3) is 3.84. The summed E-state index contributed by atoms with van der Waals surface area (Å²) < 4.78 is 0. The number of likely N-dealkylation sites (tertiary alicyclic amines) is 1. The Morgan fingerprint density at radius 3 is 3.05 bits per heavy atom. The lowest BCUT2D eigenvalue weighted by Gasteiger charge is -2.29. The normalized spacial score (nSPS) is 23.8. The molecule has 0 unspecified atom stereocenters. The van der Waals surface area contributed by atoms with Gasteiger partial charge in [-0.05, 0) is 63.7 Å². The Balaban J connectivity index is 1.39. The van der Waals surface area contributed by atoms with Crippen molar-refractivity contribution in [2.45, 2.75) is 51.0 Å². The number of aromatic amines is 1. The number of amides is 1. The van der Waals surface area contributed by atoms with E-state index in [1.165, 1.54) is 37.2 Å². The molecule has 2 aliphatic rings. The number of fused-ring (bicyclic) bond motifs is 1. The maximum Gasteiger partial charge on any atom is 0.220 e. The molecule has 1 aromatic heterocycles. The summed E-state index contributed by atoms with van der Waals surface area (Å²) in [7, 11) is 2.18. The number of rotatable bonds is 4. The van der Waals surface area contributed by atoms with E-state index >= 15 is 0 Å². The van der Waals surface area contributed by atoms with Crippen LogP contribution in [0.3, 0.4) is 0 Å². The third-order valence-electron chi connectivity index (χ3n) is 5.00. The van der Waals surface area contributed by atoms with E-state index in [2.05, 4.69) is 27.5 Å². The zero-order chi connectivity index (χ0) is 14.7. The highest BCUT2D eigenvalue weighted by Gasteiger charge is 2.22. The van der Waals surface area contributed by atoms with Crippen molar-refractivity contribution in [3.05, 3.63) is 17.5 Å². The molecule has 5 heteroatoms. The topological polar surface area (TPSA) is 61.0 Å². The molecule has 0 bridgehead atoms. The number of aryl methyl sites for hydroxylation is 1. The van der Waals surface area contributed by atoms with Crippen molar-refractivity contribution in [3.63, 3.8) is 0 Å². The first-order valence-corrected chi connectivity index (χ1v) is 8.19. The first kappa shape index (κ1) is 14.6. The van der Waals surface area contributed by atoms with E-state index in [0.29, 0.717) is 6.42 Å². The summed E-state index contributed by atoms with van der Waals surface area (Å²) in [5.74, 6) is 0.958. The van der Waals surface area contributed by atoms with Crippen LogP contribution in [0, 0.1) is 5.92 Å². The van der Waals surface area contributed by atoms with Crippen LogP contribution in [-0.4, -0.2) is 47.2 Å². The largest absolute Gasteiger partial charge is 0.353 e. The monoisotopic (exact) mass is 290 g/mol. The molecule has 1 atom stereocenters. The first-order valence-electron chi connectivity index (χ1n) is 8.19. The van der Waals surface area contributed by atoms with E-state index in [1.807, 2.05) is 6.20 Å². The van der Waals surface area contributed by atoms with Gasteiger partial charge in [-0.15, -0.1) is 0 Å². The number of hydrogen-bond donors (Lipinski definition) is 2. The standard InChI is InChI=1S/C16H26N4O/c1-20-8-6-12(7-9-20)2-5-16(21)18-14-4-3-13-11-17-19-15(13)10-14/h11-12,14H,2-10H2,1H3,(H,17,19)(H,18,21)/t14-/m1/s1. The van der Waals surface area contributed by atoms with Crippen LogP contribution in [0.5, 0.6) is 0 Å². The van der Waals surface area contributed by atoms with E-state index in [-0.39, 0.29) is 11.9 Å². The van der Waals surface area contributed by atoms with Gasteiger partial charge in [0.25, 0.3) is 0 Å². The first-order chi connectivity index (χ1) is 10.2. The Hall–Kier alpha value is -1.36. The van der Waals surface area contributed by atoms with Gasteiger partial charge in [0.05, 0.1) is 6.20 Å². The number of carbonyl (C=O) groups is 1. The number of aromatic nitrogens is 2. The zero-order valence-electron chi connectivity index (χ0n) is 12.9. The molecule has 0 saturated carbocycles. The van der Waals surface area contributed by atoms with Crippen LogP contribution in [0.15, 0.2) is 6.20 Å². The summed E-state index contributed by atoms with van der Waals surface area (Å²) in [5.41, 5.74) is 2.51. The van der Waals surface area contributed by atoms with E-state index < -0.39 is 0 Å². The lowest BCUT2D eigenvalue weighted by molar-refractivity contribution is -0.122. The van der Waals surface area contributed by atoms with Crippen LogP contribution in [-0.2, 0) is 17.6 Å². The van der Waals surface area contributed by atoms with Gasteiger partial charge in [-0.1, -0.05) is 0 Å². The highest BCUT2D eigenvalue weighted by atomic mass is 16.1. The number of H-pyrrole nitrogens is 1. The predicted molar refractivity (Wildman–Crippen MR) is 82.0 cm³/mol. The Morgan fingerprint density at radius 2 is 2.24 bits per heavy atom. The van der Waals surface area contributed by atoms with Crippen molar-refractivity contribution in [1.82, 2.24) is 20.4 Å². The second-order valence-corrected chi connectivity index (χ2v) is 6.67. The molecule has 3 rings (SSSR count). The van der Waals surface area contributed by atoms with Gasteiger partial charge in [-0.2, -0.15) is 5.10 Å². The number of nitrogens with one attached hydrogen (secondary N) is 2. The van der Waals surface area contributed by atoms with Crippen molar-refractivity contribution >= 4 is 5.91 Å². The van der Waals surface area contributed by atoms with Gasteiger partial charge in [0.15, 0.2) is 0 Å². The maximum atomic E-state index is 12.1. The number of carbonyl (C=O) groups excluding carboxylic acids is 1. The van der Waals surface area contributed by atoms with Crippen LogP contribution < -0.4 is 5.32 Å². The van der Waals surface area contributed by atoms with Crippen molar-refractivity contribution in [1.29, 1.82) is 0 Å². The minimum Gasteiger partial charge on any atom is -0.353 e. The zero-order valence-corrected chi connectivity index (χ0v) is 12.9. The molecule has 2 heterocycles. The summed E-state index contributed by atoms with van der Waals surface area (Å²) >= 11 is 0. The lowest BCUT2D eigenvalue weighted by Crippen LogP contribution is -2.39. The second kappa shape index (κ2) is 6.60. The Morgan fingerprint density at radius 1 is 1.43 bits per heavy atom. The minimum atomic E-state index is 0.224. The van der Waals surface area contributed by atoms with E-state index in [9.17, 15) is 4.79 Å². The Labute approximate surface area is 126 Å². The molecular weight excluding hydrogens is 264 g/mol. The van der Waals surface area contributed by atoms with Crippen LogP contribution in [0.25, 0.3) is 0 Å². The molecule has 0 spiro atoms. The smallest absolute Gasteiger partial charge is 0.220 e. The number of nitrogens with zero attached hydrogens (tertiary/aromatic N) is 2. The fourth-order valence-corrected chi connectivity index (χ4v) is 3.52. The van der Waals surface area contributed by atoms with Gasteiger partial charge in [0, 0.05) is 24.6 Å². The molecule has 1 aliphatic heterocycles. The molecule has 1 fully saturated rings. The van der Waals surface area contributed by atoms with Crippen molar-refractivity contribution in [2.24, 2.45) is 5.92 Å². The van der Waals surface area contributed by atoms with Crippen molar-refractivity contribution in [2.75, 3.05) is 20.1 Å². The van der Waals surface area contributed by atoms with Gasteiger partial charge < -0.3 is 10.2 Å². The number of piperidine rings is 1. The summed E-state index contributed by atoms with van der Waals surface area (Å²) in [4.78, 5) is 14.5. The molecule has 1 amide bonds. The minimum absolute atomic E-state index is 0.224. The predicted octanol–water partition coefficient (Wildman–Crippen LogP) is 1.51. The third-order valence-corrected chi connectivity index (χ3v) is 5.00.